The van der Waals surface area contributed by atoms with Crippen molar-refractivity contribution in [1.82, 2.24) is 10.2 Å². The van der Waals surface area contributed by atoms with Crippen LogP contribution in [0.2, 0.25) is 0 Å². The fourth-order valence-corrected chi connectivity index (χ4v) is 3.74. The highest BCUT2D eigenvalue weighted by molar-refractivity contribution is 6.09. The fourth-order valence-electron chi connectivity index (χ4n) is 3.74. The van der Waals surface area contributed by atoms with E-state index in [-0.39, 0.29) is 11.6 Å². The Morgan fingerprint density at radius 1 is 1.31 bits per heavy atom. The van der Waals surface area contributed by atoms with Crippen LogP contribution in [0.1, 0.15) is 32.6 Å². The lowest BCUT2D eigenvalue weighted by molar-refractivity contribution is -0.150. The van der Waals surface area contributed by atoms with Crippen molar-refractivity contribution in [2.45, 2.75) is 38.1 Å². The number of imide groups is 1. The maximum atomic E-state index is 13.5. The molecule has 0 radical (unpaired) electrons. The van der Waals surface area contributed by atoms with Gasteiger partial charge in [-0.05, 0) is 30.9 Å². The summed E-state index contributed by atoms with van der Waals surface area (Å²) >= 11 is 0. The number of halogens is 2. The van der Waals surface area contributed by atoms with Crippen molar-refractivity contribution in [2.75, 3.05) is 18.5 Å². The van der Waals surface area contributed by atoms with Crippen molar-refractivity contribution < 1.29 is 32.7 Å². The third-order valence-corrected chi connectivity index (χ3v) is 5.36. The summed E-state index contributed by atoms with van der Waals surface area (Å²) in [6.07, 6.45) is 3.08. The Morgan fingerprint density at radius 3 is 2.76 bits per heavy atom. The summed E-state index contributed by atoms with van der Waals surface area (Å²) in [7, 11) is 0. The number of hydrogen-bond donors (Lipinski definition) is 2. The summed E-state index contributed by atoms with van der Waals surface area (Å²) in [5.41, 5.74) is -1.26. The van der Waals surface area contributed by atoms with Gasteiger partial charge >= 0.3 is 12.0 Å². The highest BCUT2D eigenvalue weighted by Crippen LogP contribution is 2.38. The SMILES string of the molecule is C[C@@H]1CCCC[C@]12NC(=O)N(CC(=O)OCC(=O)Nc1ccc(F)cc1F)C2=O. The average molecular weight is 409 g/mol. The number of ether oxygens (including phenoxy) is 1. The molecule has 2 N–H and O–H groups in total. The van der Waals surface area contributed by atoms with Crippen LogP contribution in [0.15, 0.2) is 18.2 Å². The molecule has 4 amide bonds. The van der Waals surface area contributed by atoms with Gasteiger partial charge in [0.15, 0.2) is 6.61 Å². The molecule has 2 fully saturated rings. The molecule has 1 aliphatic heterocycles. The minimum Gasteiger partial charge on any atom is -0.454 e. The van der Waals surface area contributed by atoms with Crippen LogP contribution in [0.5, 0.6) is 0 Å². The molecule has 29 heavy (non-hydrogen) atoms. The van der Waals surface area contributed by atoms with Crippen LogP contribution in [-0.4, -0.2) is 47.4 Å². The standard InChI is InChI=1S/C19H21F2N3O5/c1-11-4-2-3-7-19(11)17(27)24(18(28)23-19)9-16(26)29-10-15(25)22-14-6-5-12(20)8-13(14)21/h5-6,8,11H,2-4,7,9-10H2,1H3,(H,22,25)(H,23,28)/t11-,19+/m1/s1. The first-order chi connectivity index (χ1) is 13.7. The molecule has 0 unspecified atom stereocenters. The monoisotopic (exact) mass is 409 g/mol. The van der Waals surface area contributed by atoms with Gasteiger partial charge in [-0.3, -0.25) is 19.3 Å². The predicted molar refractivity (Wildman–Crippen MR) is 96.6 cm³/mol. The number of nitrogens with zero attached hydrogens (tertiary/aromatic N) is 1. The average Bonchev–Trinajstić information content (AvgIpc) is 2.90. The minimum absolute atomic E-state index is 0.0508. The Morgan fingerprint density at radius 2 is 2.07 bits per heavy atom. The molecule has 2 atom stereocenters. The van der Waals surface area contributed by atoms with E-state index in [1.54, 1.807) is 0 Å². The van der Waals surface area contributed by atoms with Crippen LogP contribution in [0, 0.1) is 17.6 Å². The highest BCUT2D eigenvalue weighted by atomic mass is 19.1. The molecule has 1 saturated carbocycles. The van der Waals surface area contributed by atoms with Gasteiger partial charge in [0.05, 0.1) is 5.69 Å². The summed E-state index contributed by atoms with van der Waals surface area (Å²) in [6, 6.07) is 1.92. The molecule has 8 nitrogen and oxygen atoms in total. The third-order valence-electron chi connectivity index (χ3n) is 5.36. The van der Waals surface area contributed by atoms with E-state index in [1.807, 2.05) is 6.92 Å². The van der Waals surface area contributed by atoms with Crippen LogP contribution in [0.3, 0.4) is 0 Å². The lowest BCUT2D eigenvalue weighted by Crippen LogP contribution is -2.54. The number of nitrogens with one attached hydrogen (secondary N) is 2. The first kappa shape index (κ1) is 20.7. The summed E-state index contributed by atoms with van der Waals surface area (Å²) in [6.45, 7) is 0.510. The van der Waals surface area contributed by atoms with Crippen molar-refractivity contribution in [3.8, 4) is 0 Å². The normalized spacial score (nSPS) is 23.8. The molecule has 1 saturated heterocycles. The summed E-state index contributed by atoms with van der Waals surface area (Å²) in [4.78, 5) is 49.6. The van der Waals surface area contributed by atoms with Crippen molar-refractivity contribution in [3.63, 3.8) is 0 Å². The van der Waals surface area contributed by atoms with E-state index in [2.05, 4.69) is 10.6 Å². The van der Waals surface area contributed by atoms with Gasteiger partial charge in [-0.15, -0.1) is 0 Å². The zero-order chi connectivity index (χ0) is 21.2. The van der Waals surface area contributed by atoms with E-state index in [4.69, 9.17) is 4.74 Å². The van der Waals surface area contributed by atoms with Crippen molar-refractivity contribution >= 4 is 29.5 Å². The molecule has 1 spiro atoms. The molecular weight excluding hydrogens is 388 g/mol. The number of anilines is 1. The van der Waals surface area contributed by atoms with Crippen molar-refractivity contribution in [3.05, 3.63) is 29.8 Å². The smallest absolute Gasteiger partial charge is 0.326 e. The molecule has 0 bridgehead atoms. The van der Waals surface area contributed by atoms with E-state index in [0.717, 1.165) is 36.3 Å². The number of hydrogen-bond acceptors (Lipinski definition) is 5. The van der Waals surface area contributed by atoms with Crippen molar-refractivity contribution in [2.24, 2.45) is 5.92 Å². The molecular formula is C19H21F2N3O5. The van der Waals surface area contributed by atoms with Gasteiger partial charge in [0, 0.05) is 6.07 Å². The van der Waals surface area contributed by atoms with E-state index in [1.165, 1.54) is 0 Å². The molecule has 156 valence electrons. The Kier molecular flexibility index (Phi) is 5.81. The van der Waals surface area contributed by atoms with Crippen LogP contribution in [0.4, 0.5) is 19.3 Å². The zero-order valence-corrected chi connectivity index (χ0v) is 15.8. The first-order valence-corrected chi connectivity index (χ1v) is 9.27. The van der Waals surface area contributed by atoms with Gasteiger partial charge in [0.1, 0.15) is 23.7 Å². The summed E-state index contributed by atoms with van der Waals surface area (Å²) in [5.74, 6) is -4.10. The minimum atomic E-state index is -0.993. The van der Waals surface area contributed by atoms with Gasteiger partial charge in [-0.1, -0.05) is 19.8 Å². The number of carbonyl (C=O) groups excluding carboxylic acids is 4. The van der Waals surface area contributed by atoms with Crippen LogP contribution in [-0.2, 0) is 19.1 Å². The summed E-state index contributed by atoms with van der Waals surface area (Å²) in [5, 5.41) is 4.85. The lowest BCUT2D eigenvalue weighted by atomic mass is 9.73. The second-order valence-corrected chi connectivity index (χ2v) is 7.27. The Balaban J connectivity index is 1.53. The third kappa shape index (κ3) is 4.20. The summed E-state index contributed by atoms with van der Waals surface area (Å²) < 4.78 is 31.2. The zero-order valence-electron chi connectivity index (χ0n) is 15.8. The van der Waals surface area contributed by atoms with Gasteiger partial charge in [0.25, 0.3) is 11.8 Å². The molecule has 1 heterocycles. The van der Waals surface area contributed by atoms with Crippen LogP contribution in [0.25, 0.3) is 0 Å². The number of benzene rings is 1. The van der Waals surface area contributed by atoms with Gasteiger partial charge in [0.2, 0.25) is 0 Å². The number of amides is 4. The number of rotatable bonds is 5. The lowest BCUT2D eigenvalue weighted by Gasteiger charge is -2.36. The Hall–Kier alpha value is -3.04. The number of urea groups is 1. The van der Waals surface area contributed by atoms with Gasteiger partial charge in [-0.25, -0.2) is 13.6 Å². The van der Waals surface area contributed by atoms with E-state index < -0.39 is 54.1 Å². The maximum Gasteiger partial charge on any atom is 0.326 e. The molecule has 1 aliphatic carbocycles. The topological polar surface area (TPSA) is 105 Å². The number of esters is 1. The van der Waals surface area contributed by atoms with E-state index in [0.29, 0.717) is 12.5 Å². The Bertz CT molecular complexity index is 862. The first-order valence-electron chi connectivity index (χ1n) is 9.27. The molecule has 1 aromatic carbocycles. The predicted octanol–water partition coefficient (Wildman–Crippen LogP) is 1.95. The highest BCUT2D eigenvalue weighted by Gasteiger charge is 2.55. The van der Waals surface area contributed by atoms with Gasteiger partial charge in [-0.2, -0.15) is 0 Å². The van der Waals surface area contributed by atoms with Crippen LogP contribution >= 0.6 is 0 Å². The van der Waals surface area contributed by atoms with Gasteiger partial charge < -0.3 is 15.4 Å². The Labute approximate surface area is 165 Å². The molecule has 1 aromatic rings. The second-order valence-electron chi connectivity index (χ2n) is 7.27. The van der Waals surface area contributed by atoms with Crippen molar-refractivity contribution in [1.29, 1.82) is 0 Å². The number of carbonyl (C=O) groups is 4. The second kappa shape index (κ2) is 8.14. The largest absolute Gasteiger partial charge is 0.454 e. The maximum absolute atomic E-state index is 13.5. The molecule has 2 aliphatic rings. The van der Waals surface area contributed by atoms with E-state index >= 15 is 0 Å². The fraction of sp³-hybridized carbons (Fsp3) is 0.474. The van der Waals surface area contributed by atoms with Crippen LogP contribution < -0.4 is 10.6 Å². The van der Waals surface area contributed by atoms with E-state index in [9.17, 15) is 28.0 Å². The molecule has 3 rings (SSSR count). The molecule has 0 aromatic heterocycles. The quantitative estimate of drug-likeness (QED) is 0.571. The molecule has 10 heteroatoms.